The van der Waals surface area contributed by atoms with Crippen LogP contribution in [0.4, 0.5) is 0 Å². The van der Waals surface area contributed by atoms with Gasteiger partial charge < -0.3 is 19.5 Å². The molecule has 164 valence electrons. The summed E-state index contributed by atoms with van der Waals surface area (Å²) in [7, 11) is 0. The lowest BCUT2D eigenvalue weighted by Crippen LogP contribution is -2.56. The number of carbonyl (C=O) groups excluding carboxylic acids is 1. The Morgan fingerprint density at radius 1 is 1.23 bits per heavy atom. The zero-order valence-electron chi connectivity index (χ0n) is 18.4. The largest absolute Gasteiger partial charge is 0.487 e. The van der Waals surface area contributed by atoms with Gasteiger partial charge in [-0.25, -0.2) is 0 Å². The van der Waals surface area contributed by atoms with E-state index in [0.29, 0.717) is 13.1 Å². The first-order chi connectivity index (χ1) is 14.1. The number of ether oxygens (including phenoxy) is 2. The molecule has 30 heavy (non-hydrogen) atoms. The van der Waals surface area contributed by atoms with Gasteiger partial charge in [-0.2, -0.15) is 0 Å². The molecule has 0 saturated carbocycles. The van der Waals surface area contributed by atoms with Crippen molar-refractivity contribution in [3.05, 3.63) is 29.8 Å². The van der Waals surface area contributed by atoms with E-state index >= 15 is 0 Å². The fourth-order valence-corrected chi connectivity index (χ4v) is 5.47. The zero-order chi connectivity index (χ0) is 21.7. The Morgan fingerprint density at radius 3 is 2.70 bits per heavy atom. The summed E-state index contributed by atoms with van der Waals surface area (Å²) in [5, 5.41) is 9.10. The fourth-order valence-electron chi connectivity index (χ4n) is 5.47. The molecule has 3 aliphatic rings. The number of hydrogen-bond donors (Lipinski definition) is 1. The van der Waals surface area contributed by atoms with Crippen LogP contribution in [-0.2, 0) is 14.3 Å². The predicted molar refractivity (Wildman–Crippen MR) is 112 cm³/mol. The SMILES string of the molecule is CC(C)(CC(=O)O)CC(=O)N1CC[C@H]2O[C@H]3c4ccccc4OC(C)(C)[C@@H]3C[C@@H]2C1. The minimum atomic E-state index is -0.863. The molecule has 0 unspecified atom stereocenters. The standard InChI is InChI=1S/C24H33NO5/c1-23(2,13-21(27)28)12-20(26)25-10-9-18-15(14-25)11-17-22(29-18)16-7-5-6-8-19(16)30-24(17,3)4/h5-8,15,17-18,22H,9-14H2,1-4H3,(H,27,28)/t15-,17-,18-,22+/m1/s1. The van der Waals surface area contributed by atoms with Crippen molar-refractivity contribution in [3.8, 4) is 5.75 Å². The number of hydrogen-bond acceptors (Lipinski definition) is 4. The van der Waals surface area contributed by atoms with Crippen molar-refractivity contribution in [1.82, 2.24) is 4.90 Å². The molecule has 0 radical (unpaired) electrons. The highest BCUT2D eigenvalue weighted by atomic mass is 16.5. The van der Waals surface area contributed by atoms with E-state index in [2.05, 4.69) is 19.9 Å². The van der Waals surface area contributed by atoms with Crippen LogP contribution in [0.3, 0.4) is 0 Å². The lowest BCUT2D eigenvalue weighted by molar-refractivity contribution is -0.189. The van der Waals surface area contributed by atoms with Crippen molar-refractivity contribution in [2.75, 3.05) is 13.1 Å². The van der Waals surface area contributed by atoms with Gasteiger partial charge in [0.25, 0.3) is 0 Å². The van der Waals surface area contributed by atoms with Crippen LogP contribution in [-0.4, -0.2) is 46.7 Å². The molecule has 3 aliphatic heterocycles. The predicted octanol–water partition coefficient (Wildman–Crippen LogP) is 4.04. The summed E-state index contributed by atoms with van der Waals surface area (Å²) in [6.07, 6.45) is 2.20. The van der Waals surface area contributed by atoms with Gasteiger partial charge in [0.15, 0.2) is 0 Å². The number of aliphatic carboxylic acids is 1. The Kier molecular flexibility index (Phi) is 5.33. The van der Waals surface area contributed by atoms with E-state index in [1.165, 1.54) is 0 Å². The van der Waals surface area contributed by atoms with Crippen molar-refractivity contribution in [2.45, 2.75) is 71.2 Å². The molecule has 1 amide bonds. The molecular weight excluding hydrogens is 382 g/mol. The van der Waals surface area contributed by atoms with E-state index in [4.69, 9.17) is 14.6 Å². The van der Waals surface area contributed by atoms with Crippen LogP contribution < -0.4 is 4.74 Å². The topological polar surface area (TPSA) is 76.1 Å². The van der Waals surface area contributed by atoms with Crippen LogP contribution in [0.5, 0.6) is 5.75 Å². The van der Waals surface area contributed by atoms with Crippen LogP contribution in [0.1, 0.15) is 65.0 Å². The Labute approximate surface area is 178 Å². The number of amides is 1. The van der Waals surface area contributed by atoms with E-state index in [1.54, 1.807) is 0 Å². The van der Waals surface area contributed by atoms with Crippen molar-refractivity contribution < 1.29 is 24.2 Å². The minimum absolute atomic E-state index is 0.00354. The molecule has 1 N–H and O–H groups in total. The molecule has 4 rings (SSSR count). The molecular formula is C24H33NO5. The van der Waals surface area contributed by atoms with Gasteiger partial charge >= 0.3 is 5.97 Å². The molecule has 6 heteroatoms. The monoisotopic (exact) mass is 415 g/mol. The van der Waals surface area contributed by atoms with E-state index in [0.717, 1.165) is 24.2 Å². The summed E-state index contributed by atoms with van der Waals surface area (Å²) in [4.78, 5) is 25.9. The number of carbonyl (C=O) groups is 2. The molecule has 0 aromatic heterocycles. The first kappa shape index (κ1) is 21.2. The van der Waals surface area contributed by atoms with E-state index in [-0.39, 0.29) is 48.4 Å². The van der Waals surface area contributed by atoms with E-state index < -0.39 is 11.4 Å². The number of likely N-dealkylation sites (tertiary alicyclic amines) is 1. The first-order valence-corrected chi connectivity index (χ1v) is 11.0. The van der Waals surface area contributed by atoms with Crippen LogP contribution in [0, 0.1) is 17.3 Å². The maximum atomic E-state index is 12.9. The molecule has 3 heterocycles. The lowest BCUT2D eigenvalue weighted by Gasteiger charge is -2.53. The van der Waals surface area contributed by atoms with Crippen LogP contribution >= 0.6 is 0 Å². The smallest absolute Gasteiger partial charge is 0.303 e. The second kappa shape index (κ2) is 7.56. The van der Waals surface area contributed by atoms with Crippen molar-refractivity contribution in [1.29, 1.82) is 0 Å². The Balaban J connectivity index is 1.47. The van der Waals surface area contributed by atoms with Gasteiger partial charge in [0.05, 0.1) is 18.6 Å². The number of carboxylic acids is 1. The van der Waals surface area contributed by atoms with Gasteiger partial charge in [-0.3, -0.25) is 9.59 Å². The van der Waals surface area contributed by atoms with Crippen LogP contribution in [0.25, 0.3) is 0 Å². The number of carboxylic acid groups (broad SMARTS) is 1. The normalized spacial score (nSPS) is 29.8. The Hall–Kier alpha value is -2.08. The molecule has 1 aromatic rings. The van der Waals surface area contributed by atoms with Gasteiger partial charge in [-0.05, 0) is 38.2 Å². The van der Waals surface area contributed by atoms with Crippen molar-refractivity contribution >= 4 is 11.9 Å². The summed E-state index contributed by atoms with van der Waals surface area (Å²) in [6.45, 7) is 9.30. The minimum Gasteiger partial charge on any atom is -0.487 e. The van der Waals surface area contributed by atoms with Gasteiger partial charge in [-0.1, -0.05) is 32.0 Å². The van der Waals surface area contributed by atoms with Gasteiger partial charge in [0.1, 0.15) is 11.4 Å². The first-order valence-electron chi connectivity index (χ1n) is 11.0. The van der Waals surface area contributed by atoms with Crippen molar-refractivity contribution in [2.24, 2.45) is 17.3 Å². The van der Waals surface area contributed by atoms with E-state index in [9.17, 15) is 9.59 Å². The second-order valence-corrected chi connectivity index (χ2v) is 10.5. The Morgan fingerprint density at radius 2 is 1.97 bits per heavy atom. The molecule has 1 aromatic carbocycles. The molecule has 2 saturated heterocycles. The molecule has 0 spiro atoms. The third-order valence-electron chi connectivity index (χ3n) is 7.01. The molecule has 6 nitrogen and oxygen atoms in total. The molecule has 4 atom stereocenters. The number of para-hydroxylation sites is 1. The highest BCUT2D eigenvalue weighted by Crippen LogP contribution is 2.52. The van der Waals surface area contributed by atoms with Crippen molar-refractivity contribution in [3.63, 3.8) is 0 Å². The average Bonchev–Trinajstić information content (AvgIpc) is 2.64. The number of fused-ring (bicyclic) bond motifs is 4. The molecule has 0 bridgehead atoms. The van der Waals surface area contributed by atoms with Gasteiger partial charge in [0.2, 0.25) is 5.91 Å². The average molecular weight is 416 g/mol. The third-order valence-corrected chi connectivity index (χ3v) is 7.01. The number of benzene rings is 1. The van der Waals surface area contributed by atoms with E-state index in [1.807, 2.05) is 36.9 Å². The quantitative estimate of drug-likeness (QED) is 0.803. The maximum Gasteiger partial charge on any atom is 0.303 e. The maximum absolute atomic E-state index is 12.9. The Bertz CT molecular complexity index is 833. The van der Waals surface area contributed by atoms with Crippen LogP contribution in [0.15, 0.2) is 24.3 Å². The lowest BCUT2D eigenvalue weighted by atomic mass is 9.70. The number of nitrogens with zero attached hydrogens (tertiary/aromatic N) is 1. The molecule has 2 fully saturated rings. The second-order valence-electron chi connectivity index (χ2n) is 10.5. The molecule has 0 aliphatic carbocycles. The summed E-state index contributed by atoms with van der Waals surface area (Å²) in [5.74, 6) is 0.603. The summed E-state index contributed by atoms with van der Waals surface area (Å²) < 4.78 is 13.0. The summed E-state index contributed by atoms with van der Waals surface area (Å²) >= 11 is 0. The van der Waals surface area contributed by atoms with Gasteiger partial charge in [0, 0.05) is 36.9 Å². The highest BCUT2D eigenvalue weighted by molar-refractivity contribution is 5.78. The number of rotatable bonds is 4. The summed E-state index contributed by atoms with van der Waals surface area (Å²) in [5.41, 5.74) is 0.255. The van der Waals surface area contributed by atoms with Gasteiger partial charge in [-0.15, -0.1) is 0 Å². The third kappa shape index (κ3) is 4.07. The zero-order valence-corrected chi connectivity index (χ0v) is 18.4. The van der Waals surface area contributed by atoms with Crippen LogP contribution in [0.2, 0.25) is 0 Å². The highest BCUT2D eigenvalue weighted by Gasteiger charge is 2.51. The fraction of sp³-hybridized carbons (Fsp3) is 0.667. The number of piperidine rings is 1. The summed E-state index contributed by atoms with van der Waals surface area (Å²) in [6, 6.07) is 8.15.